The molecular weight excluding hydrogens is 439 g/mol. The van der Waals surface area contributed by atoms with Gasteiger partial charge in [-0.1, -0.05) is 59.6 Å². The van der Waals surface area contributed by atoms with E-state index in [0.29, 0.717) is 32.8 Å². The highest BCUT2D eigenvalue weighted by atomic mass is 35.5. The number of carboxylic acids is 1. The molecule has 31 heavy (non-hydrogen) atoms. The maximum absolute atomic E-state index is 12.6. The number of aromatic nitrogens is 1. The minimum absolute atomic E-state index is 0.0652. The van der Waals surface area contributed by atoms with Crippen LogP contribution in [0.4, 0.5) is 0 Å². The fourth-order valence-electron chi connectivity index (χ4n) is 3.34. The Labute approximate surface area is 188 Å². The first-order valence-electron chi connectivity index (χ1n) is 9.45. The maximum atomic E-state index is 12.6. The third-order valence-electron chi connectivity index (χ3n) is 5.03. The van der Waals surface area contributed by atoms with Crippen LogP contribution in [0.2, 0.25) is 10.0 Å². The molecule has 1 heterocycles. The Morgan fingerprint density at radius 3 is 2.35 bits per heavy atom. The molecular formula is C23H20Cl2N2O4. The number of pyridine rings is 1. The average molecular weight is 459 g/mol. The van der Waals surface area contributed by atoms with Crippen molar-refractivity contribution in [3.8, 4) is 11.1 Å². The number of nitrogens with one attached hydrogen (secondary N) is 2. The zero-order valence-electron chi connectivity index (χ0n) is 16.8. The number of rotatable bonds is 6. The number of aryl methyl sites for hydroxylation is 1. The molecule has 1 amide bonds. The number of H-pyrrole nitrogens is 1. The minimum atomic E-state index is -1.16. The summed E-state index contributed by atoms with van der Waals surface area (Å²) in [5.41, 5.74) is 3.10. The van der Waals surface area contributed by atoms with Crippen LogP contribution in [0.25, 0.3) is 11.1 Å². The summed E-state index contributed by atoms with van der Waals surface area (Å²) in [6, 6.07) is 10.8. The summed E-state index contributed by atoms with van der Waals surface area (Å²) in [4.78, 5) is 39.2. The lowest BCUT2D eigenvalue weighted by molar-refractivity contribution is -0.139. The Hall–Kier alpha value is -3.09. The Balaban J connectivity index is 1.82. The largest absolute Gasteiger partial charge is 0.480 e. The third-order valence-corrected chi connectivity index (χ3v) is 5.73. The predicted molar refractivity (Wildman–Crippen MR) is 121 cm³/mol. The molecule has 0 saturated carbocycles. The Morgan fingerprint density at radius 2 is 1.74 bits per heavy atom. The van der Waals surface area contributed by atoms with Crippen LogP contribution in [-0.2, 0) is 11.2 Å². The SMILES string of the molecule is Cc1cccc(Cl)c1C(=O)N[C@@H](Cc1ccc(-c2c(C)c(Cl)c[nH]c2=O)cc1)C(=O)O. The van der Waals surface area contributed by atoms with E-state index in [0.717, 1.165) is 0 Å². The molecule has 0 aliphatic carbocycles. The van der Waals surface area contributed by atoms with Gasteiger partial charge in [-0.15, -0.1) is 0 Å². The van der Waals surface area contributed by atoms with Crippen LogP contribution in [0.5, 0.6) is 0 Å². The van der Waals surface area contributed by atoms with Crippen LogP contribution < -0.4 is 10.9 Å². The molecule has 6 nitrogen and oxygen atoms in total. The lowest BCUT2D eigenvalue weighted by Gasteiger charge is -2.16. The third kappa shape index (κ3) is 4.98. The molecule has 1 atom stereocenters. The van der Waals surface area contributed by atoms with Gasteiger partial charge in [0.05, 0.1) is 21.2 Å². The Morgan fingerprint density at radius 1 is 1.06 bits per heavy atom. The van der Waals surface area contributed by atoms with Crippen molar-refractivity contribution < 1.29 is 14.7 Å². The lowest BCUT2D eigenvalue weighted by Crippen LogP contribution is -2.42. The van der Waals surface area contributed by atoms with Crippen molar-refractivity contribution in [3.05, 3.63) is 91.3 Å². The highest BCUT2D eigenvalue weighted by molar-refractivity contribution is 6.34. The summed E-state index contributed by atoms with van der Waals surface area (Å²) in [7, 11) is 0. The molecule has 0 bridgehead atoms. The molecule has 0 fully saturated rings. The van der Waals surface area contributed by atoms with Gasteiger partial charge in [0.15, 0.2) is 0 Å². The van der Waals surface area contributed by atoms with Gasteiger partial charge in [0, 0.05) is 12.6 Å². The van der Waals surface area contributed by atoms with Gasteiger partial charge in [-0.25, -0.2) is 4.79 Å². The number of carbonyl (C=O) groups is 2. The fourth-order valence-corrected chi connectivity index (χ4v) is 3.80. The van der Waals surface area contributed by atoms with Crippen molar-refractivity contribution in [2.24, 2.45) is 0 Å². The summed E-state index contributed by atoms with van der Waals surface area (Å²) in [6.07, 6.45) is 1.51. The second-order valence-electron chi connectivity index (χ2n) is 7.16. The van der Waals surface area contributed by atoms with Gasteiger partial charge in [-0.05, 0) is 42.2 Å². The van der Waals surface area contributed by atoms with Crippen LogP contribution in [-0.4, -0.2) is 28.0 Å². The van der Waals surface area contributed by atoms with E-state index in [-0.39, 0.29) is 22.6 Å². The maximum Gasteiger partial charge on any atom is 0.326 e. The van der Waals surface area contributed by atoms with Gasteiger partial charge in [0.2, 0.25) is 0 Å². The zero-order valence-corrected chi connectivity index (χ0v) is 18.3. The number of aliphatic carboxylic acids is 1. The first kappa shape index (κ1) is 22.6. The van der Waals surface area contributed by atoms with Crippen molar-refractivity contribution in [2.75, 3.05) is 0 Å². The molecule has 0 radical (unpaired) electrons. The van der Waals surface area contributed by atoms with Gasteiger partial charge in [-0.2, -0.15) is 0 Å². The monoisotopic (exact) mass is 458 g/mol. The molecule has 0 spiro atoms. The van der Waals surface area contributed by atoms with Crippen LogP contribution in [0.1, 0.15) is 27.0 Å². The molecule has 0 aliphatic heterocycles. The molecule has 2 aromatic carbocycles. The second kappa shape index (κ2) is 9.37. The number of halogens is 2. The summed E-state index contributed by atoms with van der Waals surface area (Å²) in [6.45, 7) is 3.49. The summed E-state index contributed by atoms with van der Waals surface area (Å²) in [5.74, 6) is -1.71. The van der Waals surface area contributed by atoms with Crippen molar-refractivity contribution in [3.63, 3.8) is 0 Å². The topological polar surface area (TPSA) is 99.3 Å². The predicted octanol–water partition coefficient (Wildman–Crippen LogP) is 4.39. The number of benzene rings is 2. The smallest absolute Gasteiger partial charge is 0.326 e. The number of aromatic amines is 1. The standard InChI is InChI=1S/C23H20Cl2N2O4/c1-12-4-3-5-16(24)19(12)22(29)27-18(23(30)31)10-14-6-8-15(9-7-14)20-13(2)17(25)11-26-21(20)28/h3-9,11,18H,10H2,1-2H3,(H,26,28)(H,27,29)(H,30,31)/t18-/m0/s1. The van der Waals surface area contributed by atoms with Crippen LogP contribution in [0.3, 0.4) is 0 Å². The first-order valence-corrected chi connectivity index (χ1v) is 10.2. The first-order chi connectivity index (χ1) is 14.7. The number of carboxylic acid groups (broad SMARTS) is 1. The van der Waals surface area contributed by atoms with E-state index in [1.54, 1.807) is 56.3 Å². The molecule has 0 aliphatic rings. The molecule has 3 rings (SSSR count). The molecule has 0 unspecified atom stereocenters. The quantitative estimate of drug-likeness (QED) is 0.509. The van der Waals surface area contributed by atoms with Crippen LogP contribution in [0, 0.1) is 13.8 Å². The number of hydrogen-bond donors (Lipinski definition) is 3. The van der Waals surface area contributed by atoms with Gasteiger partial charge in [-0.3, -0.25) is 9.59 Å². The fraction of sp³-hybridized carbons (Fsp3) is 0.174. The summed E-state index contributed by atoms with van der Waals surface area (Å²) < 4.78 is 0. The molecule has 3 aromatic rings. The van der Waals surface area contributed by atoms with Crippen molar-refractivity contribution >= 4 is 35.1 Å². The van der Waals surface area contributed by atoms with Crippen LogP contribution >= 0.6 is 23.2 Å². The normalized spacial score (nSPS) is 11.7. The van der Waals surface area contributed by atoms with Gasteiger partial charge >= 0.3 is 5.97 Å². The molecule has 160 valence electrons. The Bertz CT molecular complexity index is 1180. The summed E-state index contributed by atoms with van der Waals surface area (Å²) in [5, 5.41) is 12.8. The van der Waals surface area contributed by atoms with Crippen molar-refractivity contribution in [2.45, 2.75) is 26.3 Å². The molecule has 0 saturated heterocycles. The van der Waals surface area contributed by atoms with Gasteiger partial charge < -0.3 is 15.4 Å². The van der Waals surface area contributed by atoms with E-state index in [2.05, 4.69) is 10.3 Å². The van der Waals surface area contributed by atoms with Gasteiger partial charge in [0.1, 0.15) is 6.04 Å². The van der Waals surface area contributed by atoms with Gasteiger partial charge in [0.25, 0.3) is 11.5 Å². The van der Waals surface area contributed by atoms with E-state index < -0.39 is 17.9 Å². The molecule has 8 heteroatoms. The summed E-state index contributed by atoms with van der Waals surface area (Å²) >= 11 is 12.2. The lowest BCUT2D eigenvalue weighted by atomic mass is 9.98. The highest BCUT2D eigenvalue weighted by Crippen LogP contribution is 2.25. The molecule has 3 N–H and O–H groups in total. The Kier molecular flexibility index (Phi) is 6.83. The van der Waals surface area contributed by atoms with Crippen molar-refractivity contribution in [1.82, 2.24) is 10.3 Å². The zero-order chi connectivity index (χ0) is 22.7. The van der Waals surface area contributed by atoms with E-state index in [4.69, 9.17) is 23.2 Å². The van der Waals surface area contributed by atoms with Crippen molar-refractivity contribution in [1.29, 1.82) is 0 Å². The van der Waals surface area contributed by atoms with E-state index in [1.807, 2.05) is 0 Å². The molecule has 1 aromatic heterocycles. The van der Waals surface area contributed by atoms with E-state index >= 15 is 0 Å². The second-order valence-corrected chi connectivity index (χ2v) is 7.98. The van der Waals surface area contributed by atoms with E-state index in [9.17, 15) is 19.5 Å². The minimum Gasteiger partial charge on any atom is -0.480 e. The van der Waals surface area contributed by atoms with E-state index in [1.165, 1.54) is 6.20 Å². The number of amides is 1. The highest BCUT2D eigenvalue weighted by Gasteiger charge is 2.23. The number of carbonyl (C=O) groups excluding carboxylic acids is 1. The van der Waals surface area contributed by atoms with Crippen LogP contribution in [0.15, 0.2) is 53.5 Å². The number of hydrogen-bond acceptors (Lipinski definition) is 3. The average Bonchev–Trinajstić information content (AvgIpc) is 2.71.